The van der Waals surface area contributed by atoms with Crippen LogP contribution in [0.25, 0.3) is 0 Å². The molecule has 15 heavy (non-hydrogen) atoms. The molecule has 0 saturated heterocycles. The van der Waals surface area contributed by atoms with Gasteiger partial charge in [0.15, 0.2) is 0 Å². The van der Waals surface area contributed by atoms with Gasteiger partial charge in [-0.05, 0) is 39.0 Å². The van der Waals surface area contributed by atoms with Crippen molar-refractivity contribution < 1.29 is 10.2 Å². The fraction of sp³-hybridized carbons (Fsp3) is 1.00. The molecule has 1 aliphatic carbocycles. The Hall–Kier alpha value is -0.120. The van der Waals surface area contributed by atoms with Gasteiger partial charge in [0, 0.05) is 25.7 Å². The van der Waals surface area contributed by atoms with Crippen molar-refractivity contribution in [3.05, 3.63) is 0 Å². The molecule has 1 rings (SSSR count). The van der Waals surface area contributed by atoms with Crippen molar-refractivity contribution in [1.29, 1.82) is 0 Å². The van der Waals surface area contributed by atoms with E-state index in [-0.39, 0.29) is 12.7 Å². The van der Waals surface area contributed by atoms with E-state index in [9.17, 15) is 5.11 Å². The number of hydrogen-bond donors (Lipinski definition) is 2. The molecule has 0 spiro atoms. The van der Waals surface area contributed by atoms with Crippen LogP contribution in [0.15, 0.2) is 0 Å². The highest BCUT2D eigenvalue weighted by atomic mass is 16.3. The second-order valence-electron chi connectivity index (χ2n) is 4.92. The number of hydrogen-bond acceptors (Lipinski definition) is 3. The predicted octanol–water partition coefficient (Wildman–Crippen LogP) is 1.24. The summed E-state index contributed by atoms with van der Waals surface area (Å²) in [7, 11) is 0. The molecule has 0 bridgehead atoms. The monoisotopic (exact) mass is 215 g/mol. The van der Waals surface area contributed by atoms with Crippen LogP contribution in [-0.2, 0) is 0 Å². The SMILES string of the molecule is CC(C)N(CCCO)CC1CCCC1O. The van der Waals surface area contributed by atoms with Crippen LogP contribution in [0.5, 0.6) is 0 Å². The van der Waals surface area contributed by atoms with Crippen LogP contribution in [-0.4, -0.2) is 47.0 Å². The minimum absolute atomic E-state index is 0.0969. The van der Waals surface area contributed by atoms with Crippen molar-refractivity contribution >= 4 is 0 Å². The van der Waals surface area contributed by atoms with Gasteiger partial charge < -0.3 is 15.1 Å². The number of nitrogens with zero attached hydrogens (tertiary/aromatic N) is 1. The average molecular weight is 215 g/mol. The fourth-order valence-corrected chi connectivity index (χ4v) is 2.37. The zero-order valence-electron chi connectivity index (χ0n) is 10.0. The van der Waals surface area contributed by atoms with Gasteiger partial charge in [-0.1, -0.05) is 6.42 Å². The van der Waals surface area contributed by atoms with Crippen LogP contribution in [0.2, 0.25) is 0 Å². The molecule has 0 amide bonds. The number of aliphatic hydroxyl groups excluding tert-OH is 2. The molecule has 1 fully saturated rings. The molecule has 0 aromatic rings. The van der Waals surface area contributed by atoms with E-state index in [1.165, 1.54) is 0 Å². The minimum atomic E-state index is -0.0969. The second-order valence-corrected chi connectivity index (χ2v) is 4.92. The smallest absolute Gasteiger partial charge is 0.0580 e. The molecule has 2 N–H and O–H groups in total. The molecule has 3 heteroatoms. The molecule has 2 unspecified atom stereocenters. The molecular weight excluding hydrogens is 190 g/mol. The molecule has 0 aromatic carbocycles. The van der Waals surface area contributed by atoms with E-state index in [1.807, 2.05) is 0 Å². The van der Waals surface area contributed by atoms with Crippen LogP contribution >= 0.6 is 0 Å². The Balaban J connectivity index is 2.35. The molecule has 0 aromatic heterocycles. The Labute approximate surface area is 93.1 Å². The lowest BCUT2D eigenvalue weighted by Crippen LogP contribution is -2.38. The van der Waals surface area contributed by atoms with E-state index >= 15 is 0 Å². The van der Waals surface area contributed by atoms with Crippen molar-refractivity contribution in [1.82, 2.24) is 4.90 Å². The Morgan fingerprint density at radius 2 is 2.07 bits per heavy atom. The van der Waals surface area contributed by atoms with Crippen molar-refractivity contribution in [2.45, 2.75) is 51.7 Å². The van der Waals surface area contributed by atoms with Gasteiger partial charge in [-0.2, -0.15) is 0 Å². The van der Waals surface area contributed by atoms with Gasteiger partial charge in [-0.25, -0.2) is 0 Å². The highest BCUT2D eigenvalue weighted by molar-refractivity contribution is 4.80. The molecule has 0 heterocycles. The van der Waals surface area contributed by atoms with Crippen LogP contribution in [0.3, 0.4) is 0 Å². The minimum Gasteiger partial charge on any atom is -0.396 e. The Bertz CT molecular complexity index is 173. The van der Waals surface area contributed by atoms with E-state index in [2.05, 4.69) is 18.7 Å². The molecule has 90 valence electrons. The maximum atomic E-state index is 9.77. The molecular formula is C12H25NO2. The first kappa shape index (κ1) is 12.9. The molecule has 0 aliphatic heterocycles. The van der Waals surface area contributed by atoms with E-state index in [0.717, 1.165) is 38.8 Å². The molecule has 2 atom stereocenters. The first-order valence-corrected chi connectivity index (χ1v) is 6.18. The van der Waals surface area contributed by atoms with Crippen LogP contribution in [0.1, 0.15) is 39.5 Å². The van der Waals surface area contributed by atoms with Gasteiger partial charge in [-0.15, -0.1) is 0 Å². The van der Waals surface area contributed by atoms with Crippen molar-refractivity contribution in [2.75, 3.05) is 19.7 Å². The first-order chi connectivity index (χ1) is 7.15. The van der Waals surface area contributed by atoms with Gasteiger partial charge in [0.25, 0.3) is 0 Å². The quantitative estimate of drug-likeness (QED) is 0.700. The summed E-state index contributed by atoms with van der Waals surface area (Å²) in [4.78, 5) is 2.37. The van der Waals surface area contributed by atoms with E-state index in [1.54, 1.807) is 0 Å². The average Bonchev–Trinajstić information content (AvgIpc) is 2.58. The number of aliphatic hydroxyl groups is 2. The maximum absolute atomic E-state index is 9.77. The van der Waals surface area contributed by atoms with Crippen LogP contribution in [0.4, 0.5) is 0 Å². The van der Waals surface area contributed by atoms with Crippen molar-refractivity contribution in [3.8, 4) is 0 Å². The third-order valence-corrected chi connectivity index (χ3v) is 3.42. The fourth-order valence-electron chi connectivity index (χ4n) is 2.37. The van der Waals surface area contributed by atoms with Gasteiger partial charge in [-0.3, -0.25) is 0 Å². The van der Waals surface area contributed by atoms with Crippen molar-refractivity contribution in [2.24, 2.45) is 5.92 Å². The van der Waals surface area contributed by atoms with Crippen LogP contribution in [0, 0.1) is 5.92 Å². The second kappa shape index (κ2) is 6.46. The highest BCUT2D eigenvalue weighted by Gasteiger charge is 2.27. The number of rotatable bonds is 6. The summed E-state index contributed by atoms with van der Waals surface area (Å²) in [6.07, 6.45) is 4.03. The summed E-state index contributed by atoms with van der Waals surface area (Å²) in [6, 6.07) is 0.504. The largest absolute Gasteiger partial charge is 0.396 e. The standard InChI is InChI=1S/C12H25NO2/c1-10(2)13(7-4-8-14)9-11-5-3-6-12(11)15/h10-12,14-15H,3-9H2,1-2H3. The van der Waals surface area contributed by atoms with Crippen LogP contribution < -0.4 is 0 Å². The molecule has 3 nitrogen and oxygen atoms in total. The Kier molecular flexibility index (Phi) is 5.58. The molecule has 1 saturated carbocycles. The van der Waals surface area contributed by atoms with E-state index < -0.39 is 0 Å². The molecule has 0 radical (unpaired) electrons. The first-order valence-electron chi connectivity index (χ1n) is 6.18. The third-order valence-electron chi connectivity index (χ3n) is 3.42. The van der Waals surface area contributed by atoms with E-state index in [4.69, 9.17) is 5.11 Å². The van der Waals surface area contributed by atoms with Gasteiger partial charge in [0.1, 0.15) is 0 Å². The van der Waals surface area contributed by atoms with E-state index in [0.29, 0.717) is 12.0 Å². The summed E-state index contributed by atoms with van der Waals surface area (Å²) in [5, 5.41) is 18.6. The lowest BCUT2D eigenvalue weighted by atomic mass is 10.0. The Morgan fingerprint density at radius 1 is 1.33 bits per heavy atom. The lowest BCUT2D eigenvalue weighted by Gasteiger charge is -2.30. The maximum Gasteiger partial charge on any atom is 0.0580 e. The Morgan fingerprint density at radius 3 is 2.53 bits per heavy atom. The van der Waals surface area contributed by atoms with Gasteiger partial charge >= 0.3 is 0 Å². The summed E-state index contributed by atoms with van der Waals surface area (Å²) < 4.78 is 0. The summed E-state index contributed by atoms with van der Waals surface area (Å²) in [5.74, 6) is 0.450. The topological polar surface area (TPSA) is 43.7 Å². The lowest BCUT2D eigenvalue weighted by molar-refractivity contribution is 0.0877. The van der Waals surface area contributed by atoms with Gasteiger partial charge in [0.05, 0.1) is 6.10 Å². The van der Waals surface area contributed by atoms with Gasteiger partial charge in [0.2, 0.25) is 0 Å². The zero-order valence-corrected chi connectivity index (χ0v) is 10.0. The summed E-state index contributed by atoms with van der Waals surface area (Å²) in [6.45, 7) is 6.55. The zero-order chi connectivity index (χ0) is 11.3. The summed E-state index contributed by atoms with van der Waals surface area (Å²) in [5.41, 5.74) is 0. The highest BCUT2D eigenvalue weighted by Crippen LogP contribution is 2.26. The normalized spacial score (nSPS) is 26.8. The third kappa shape index (κ3) is 4.09. The summed E-state index contributed by atoms with van der Waals surface area (Å²) >= 11 is 0. The van der Waals surface area contributed by atoms with Crippen molar-refractivity contribution in [3.63, 3.8) is 0 Å². The predicted molar refractivity (Wildman–Crippen MR) is 61.8 cm³/mol. The molecule has 1 aliphatic rings.